The van der Waals surface area contributed by atoms with Gasteiger partial charge in [-0.3, -0.25) is 4.79 Å². The molecule has 0 aromatic heterocycles. The lowest BCUT2D eigenvalue weighted by Gasteiger charge is -2.14. The fourth-order valence-corrected chi connectivity index (χ4v) is 1.53. The summed E-state index contributed by atoms with van der Waals surface area (Å²) in [6.45, 7) is 7.68. The molecule has 1 aliphatic rings. The molecule has 0 aromatic rings. The molecule has 1 amide bonds. The van der Waals surface area contributed by atoms with Crippen molar-refractivity contribution < 1.29 is 4.79 Å². The zero-order valence-corrected chi connectivity index (χ0v) is 7.75. The van der Waals surface area contributed by atoms with E-state index in [1.807, 2.05) is 11.0 Å². The van der Waals surface area contributed by atoms with Crippen LogP contribution in [0, 0.1) is 5.92 Å². The first-order valence-electron chi connectivity index (χ1n) is 4.68. The number of rotatable bonds is 4. The number of carbonyl (C=O) groups excluding carboxylic acids is 1. The van der Waals surface area contributed by atoms with Gasteiger partial charge >= 0.3 is 0 Å². The molecule has 1 atom stereocenters. The van der Waals surface area contributed by atoms with E-state index in [0.29, 0.717) is 18.2 Å². The fourth-order valence-electron chi connectivity index (χ4n) is 1.53. The van der Waals surface area contributed by atoms with Gasteiger partial charge in [0.05, 0.1) is 0 Å². The van der Waals surface area contributed by atoms with Gasteiger partial charge in [0.15, 0.2) is 0 Å². The third kappa shape index (κ3) is 2.10. The lowest BCUT2D eigenvalue weighted by atomic mass is 10.1. The second kappa shape index (κ2) is 4.29. The first-order chi connectivity index (χ1) is 5.77. The largest absolute Gasteiger partial charge is 0.342 e. The van der Waals surface area contributed by atoms with Crippen LogP contribution in [0.2, 0.25) is 0 Å². The molecule has 0 N–H and O–H groups in total. The highest BCUT2D eigenvalue weighted by atomic mass is 16.2. The van der Waals surface area contributed by atoms with Crippen molar-refractivity contribution in [2.45, 2.75) is 26.2 Å². The fraction of sp³-hybridized carbons (Fsp3) is 0.700. The minimum atomic E-state index is 0.299. The maximum absolute atomic E-state index is 11.3. The lowest BCUT2D eigenvalue weighted by Crippen LogP contribution is -2.25. The van der Waals surface area contributed by atoms with Crippen LogP contribution in [0.15, 0.2) is 12.7 Å². The van der Waals surface area contributed by atoms with Crippen LogP contribution in [0.5, 0.6) is 0 Å². The Balaban J connectivity index is 2.35. The lowest BCUT2D eigenvalue weighted by molar-refractivity contribution is -0.127. The molecular weight excluding hydrogens is 150 g/mol. The highest BCUT2D eigenvalue weighted by Crippen LogP contribution is 2.18. The van der Waals surface area contributed by atoms with Crippen LogP contribution < -0.4 is 0 Å². The molecular formula is C10H17NO. The van der Waals surface area contributed by atoms with Crippen molar-refractivity contribution in [1.82, 2.24) is 4.90 Å². The standard InChI is InChI=1S/C10H17NO/c1-3-5-6-11-8-9(4-2)7-10(11)12/h4,9H,2-3,5-8H2,1H3. The smallest absolute Gasteiger partial charge is 0.223 e. The minimum Gasteiger partial charge on any atom is -0.342 e. The minimum absolute atomic E-state index is 0.299. The Labute approximate surface area is 74.2 Å². The SMILES string of the molecule is C=CC1CC(=O)N(CCCC)C1. The molecule has 12 heavy (non-hydrogen) atoms. The van der Waals surface area contributed by atoms with Crippen LogP contribution in [-0.4, -0.2) is 23.9 Å². The number of hydrogen-bond donors (Lipinski definition) is 0. The summed E-state index contributed by atoms with van der Waals surface area (Å²) < 4.78 is 0. The number of unbranched alkanes of at least 4 members (excludes halogenated alkanes) is 1. The van der Waals surface area contributed by atoms with Crippen molar-refractivity contribution in [2.24, 2.45) is 5.92 Å². The molecule has 1 rings (SSSR count). The Bertz CT molecular complexity index is 177. The van der Waals surface area contributed by atoms with E-state index < -0.39 is 0 Å². The van der Waals surface area contributed by atoms with Gasteiger partial charge < -0.3 is 4.90 Å². The van der Waals surface area contributed by atoms with Crippen molar-refractivity contribution in [2.75, 3.05) is 13.1 Å². The second-order valence-electron chi connectivity index (χ2n) is 3.39. The van der Waals surface area contributed by atoms with E-state index in [-0.39, 0.29) is 0 Å². The molecule has 0 radical (unpaired) electrons. The predicted octanol–water partition coefficient (Wildman–Crippen LogP) is 1.82. The van der Waals surface area contributed by atoms with Crippen molar-refractivity contribution in [1.29, 1.82) is 0 Å². The topological polar surface area (TPSA) is 20.3 Å². The second-order valence-corrected chi connectivity index (χ2v) is 3.39. The summed E-state index contributed by atoms with van der Waals surface area (Å²) in [7, 11) is 0. The van der Waals surface area contributed by atoms with Gasteiger partial charge in [0, 0.05) is 25.4 Å². The number of carbonyl (C=O) groups is 1. The number of nitrogens with zero attached hydrogens (tertiary/aromatic N) is 1. The summed E-state index contributed by atoms with van der Waals surface area (Å²) in [5.41, 5.74) is 0. The van der Waals surface area contributed by atoms with Crippen LogP contribution >= 0.6 is 0 Å². The molecule has 1 aliphatic heterocycles. The van der Waals surface area contributed by atoms with E-state index in [1.54, 1.807) is 0 Å². The van der Waals surface area contributed by atoms with Gasteiger partial charge in [-0.05, 0) is 6.42 Å². The molecule has 0 aromatic carbocycles. The Hall–Kier alpha value is -0.790. The molecule has 0 aliphatic carbocycles. The average molecular weight is 167 g/mol. The van der Waals surface area contributed by atoms with Crippen molar-refractivity contribution in [3.63, 3.8) is 0 Å². The molecule has 2 heteroatoms. The van der Waals surface area contributed by atoms with E-state index >= 15 is 0 Å². The van der Waals surface area contributed by atoms with E-state index in [9.17, 15) is 4.79 Å². The Morgan fingerprint density at radius 1 is 1.75 bits per heavy atom. The Kier molecular flexibility index (Phi) is 3.32. The molecule has 0 saturated carbocycles. The van der Waals surface area contributed by atoms with Crippen molar-refractivity contribution in [3.8, 4) is 0 Å². The molecule has 1 unspecified atom stereocenters. The Morgan fingerprint density at radius 2 is 2.50 bits per heavy atom. The van der Waals surface area contributed by atoms with E-state index in [1.165, 1.54) is 0 Å². The van der Waals surface area contributed by atoms with Crippen LogP contribution in [0.1, 0.15) is 26.2 Å². The van der Waals surface area contributed by atoms with E-state index in [4.69, 9.17) is 0 Å². The summed E-state index contributed by atoms with van der Waals surface area (Å²) in [5.74, 6) is 0.697. The maximum Gasteiger partial charge on any atom is 0.223 e. The predicted molar refractivity (Wildman–Crippen MR) is 49.8 cm³/mol. The van der Waals surface area contributed by atoms with E-state index in [0.717, 1.165) is 25.9 Å². The zero-order valence-electron chi connectivity index (χ0n) is 7.75. The molecule has 1 heterocycles. The van der Waals surface area contributed by atoms with Crippen LogP contribution in [0.4, 0.5) is 0 Å². The maximum atomic E-state index is 11.3. The van der Waals surface area contributed by atoms with Gasteiger partial charge in [0.25, 0.3) is 0 Å². The number of likely N-dealkylation sites (tertiary alicyclic amines) is 1. The molecule has 0 spiro atoms. The van der Waals surface area contributed by atoms with Crippen LogP contribution in [0.3, 0.4) is 0 Å². The molecule has 1 fully saturated rings. The average Bonchev–Trinajstić information content (AvgIpc) is 2.43. The highest BCUT2D eigenvalue weighted by molar-refractivity contribution is 5.78. The van der Waals surface area contributed by atoms with Crippen LogP contribution in [0.25, 0.3) is 0 Å². The van der Waals surface area contributed by atoms with Gasteiger partial charge in [-0.25, -0.2) is 0 Å². The van der Waals surface area contributed by atoms with E-state index in [2.05, 4.69) is 13.5 Å². The zero-order chi connectivity index (χ0) is 8.97. The third-order valence-electron chi connectivity index (χ3n) is 2.36. The summed E-state index contributed by atoms with van der Waals surface area (Å²) in [6.07, 6.45) is 4.84. The number of hydrogen-bond acceptors (Lipinski definition) is 1. The summed E-state index contributed by atoms with van der Waals surface area (Å²) >= 11 is 0. The first-order valence-corrected chi connectivity index (χ1v) is 4.68. The number of amides is 1. The van der Waals surface area contributed by atoms with Gasteiger partial charge in [-0.2, -0.15) is 0 Å². The van der Waals surface area contributed by atoms with Crippen molar-refractivity contribution in [3.05, 3.63) is 12.7 Å². The molecule has 1 saturated heterocycles. The summed E-state index contributed by atoms with van der Waals surface area (Å²) in [5, 5.41) is 0. The van der Waals surface area contributed by atoms with Gasteiger partial charge in [-0.15, -0.1) is 6.58 Å². The molecule has 2 nitrogen and oxygen atoms in total. The summed E-state index contributed by atoms with van der Waals surface area (Å²) in [6, 6.07) is 0. The van der Waals surface area contributed by atoms with Crippen molar-refractivity contribution >= 4 is 5.91 Å². The van der Waals surface area contributed by atoms with Gasteiger partial charge in [0.1, 0.15) is 0 Å². The third-order valence-corrected chi connectivity index (χ3v) is 2.36. The van der Waals surface area contributed by atoms with Gasteiger partial charge in [0.2, 0.25) is 5.91 Å². The molecule has 68 valence electrons. The van der Waals surface area contributed by atoms with Crippen LogP contribution in [-0.2, 0) is 4.79 Å². The summed E-state index contributed by atoms with van der Waals surface area (Å²) in [4.78, 5) is 13.3. The molecule has 0 bridgehead atoms. The quantitative estimate of drug-likeness (QED) is 0.585. The first kappa shape index (κ1) is 9.30. The monoisotopic (exact) mass is 167 g/mol. The normalized spacial score (nSPS) is 23.2. The highest BCUT2D eigenvalue weighted by Gasteiger charge is 2.26. The Morgan fingerprint density at radius 3 is 3.00 bits per heavy atom. The van der Waals surface area contributed by atoms with Gasteiger partial charge in [-0.1, -0.05) is 19.4 Å².